The van der Waals surface area contributed by atoms with E-state index in [4.69, 9.17) is 9.47 Å². The van der Waals surface area contributed by atoms with E-state index < -0.39 is 11.6 Å². The summed E-state index contributed by atoms with van der Waals surface area (Å²) >= 11 is 0. The molecule has 0 amide bonds. The second-order valence-corrected chi connectivity index (χ2v) is 7.14. The first-order valence-electron chi connectivity index (χ1n) is 9.53. The van der Waals surface area contributed by atoms with Crippen molar-refractivity contribution in [3.8, 4) is 11.4 Å². The molecule has 0 saturated carbocycles. The maximum absolute atomic E-state index is 13.4. The first-order valence-corrected chi connectivity index (χ1v) is 9.53. The number of ether oxygens (including phenoxy) is 2. The number of hydrogen-bond donors (Lipinski definition) is 1. The Hall–Kier alpha value is -3.00. The van der Waals surface area contributed by atoms with E-state index in [1.165, 1.54) is 17.1 Å². The third-order valence-corrected chi connectivity index (χ3v) is 4.79. The minimum atomic E-state index is -0.933. The molecule has 0 aliphatic carbocycles. The van der Waals surface area contributed by atoms with Crippen molar-refractivity contribution < 1.29 is 19.7 Å². The summed E-state index contributed by atoms with van der Waals surface area (Å²) in [5.41, 5.74) is 2.21. The van der Waals surface area contributed by atoms with Crippen molar-refractivity contribution in [2.24, 2.45) is 5.92 Å². The number of aromatic nitrogens is 3. The number of anilines is 2. The fourth-order valence-electron chi connectivity index (χ4n) is 3.23. The molecule has 6 nitrogen and oxygen atoms in total. The molecule has 0 bridgehead atoms. The fraction of sp³-hybridized carbons (Fsp3) is 0.333. The van der Waals surface area contributed by atoms with E-state index in [1.807, 2.05) is 25.1 Å². The number of nitrogens with zero attached hydrogens (tertiary/aromatic N) is 3. The molecule has 0 spiro atoms. The maximum atomic E-state index is 13.4. The molecule has 4 rings (SSSR count). The van der Waals surface area contributed by atoms with Gasteiger partial charge >= 0.3 is 0 Å². The van der Waals surface area contributed by atoms with Crippen LogP contribution in [0.2, 0.25) is 0 Å². The highest BCUT2D eigenvalue weighted by atomic mass is 19.2. The Kier molecular flexibility index (Phi) is 5.71. The van der Waals surface area contributed by atoms with Crippen LogP contribution < -0.4 is 10.1 Å². The largest absolute Gasteiger partial charge is 0.493 e. The monoisotopic (exact) mass is 402 g/mol. The summed E-state index contributed by atoms with van der Waals surface area (Å²) in [5, 5.41) is 7.40. The van der Waals surface area contributed by atoms with Crippen molar-refractivity contribution in [3.05, 3.63) is 59.9 Å². The van der Waals surface area contributed by atoms with E-state index >= 15 is 0 Å². The molecule has 2 heterocycles. The van der Waals surface area contributed by atoms with Gasteiger partial charge < -0.3 is 14.8 Å². The Morgan fingerprint density at radius 2 is 2.00 bits per heavy atom. The minimum Gasteiger partial charge on any atom is -0.493 e. The predicted molar refractivity (Wildman–Crippen MR) is 107 cm³/mol. The van der Waals surface area contributed by atoms with E-state index in [0.29, 0.717) is 24.2 Å². The van der Waals surface area contributed by atoms with Gasteiger partial charge in [0, 0.05) is 32.5 Å². The topological polar surface area (TPSA) is 61.2 Å². The van der Waals surface area contributed by atoms with E-state index in [-0.39, 0.29) is 1.43 Å². The van der Waals surface area contributed by atoms with Crippen molar-refractivity contribution in [2.75, 3.05) is 25.1 Å². The molecule has 0 unspecified atom stereocenters. The highest BCUT2D eigenvalue weighted by Gasteiger charge is 2.15. The van der Waals surface area contributed by atoms with Gasteiger partial charge in [0.1, 0.15) is 12.1 Å². The molecule has 2 aromatic carbocycles. The average Bonchev–Trinajstić information content (AvgIpc) is 3.17. The highest BCUT2D eigenvalue weighted by molar-refractivity contribution is 5.57. The van der Waals surface area contributed by atoms with Crippen LogP contribution in [0.5, 0.6) is 5.75 Å². The van der Waals surface area contributed by atoms with Crippen LogP contribution in [0.15, 0.2) is 42.7 Å². The number of rotatable bonds is 6. The lowest BCUT2D eigenvalue weighted by molar-refractivity contribution is 0.0497. The van der Waals surface area contributed by atoms with Gasteiger partial charge in [-0.15, -0.1) is 5.10 Å². The normalized spacial score (nSPS) is 14.7. The lowest BCUT2D eigenvalue weighted by Crippen LogP contribution is -2.21. The third kappa shape index (κ3) is 4.89. The molecule has 1 aliphatic heterocycles. The Morgan fingerprint density at radius 1 is 1.17 bits per heavy atom. The zero-order valence-electron chi connectivity index (χ0n) is 16.1. The summed E-state index contributed by atoms with van der Waals surface area (Å²) in [6, 6.07) is 9.40. The molecule has 1 saturated heterocycles. The number of benzene rings is 2. The molecule has 154 valence electrons. The van der Waals surface area contributed by atoms with Gasteiger partial charge in [0.05, 0.1) is 12.3 Å². The molecular formula is C21H24F2N4O2. The SMILES string of the molecule is Cc1cc(Nc2ncn(-c3ccc(F)c(F)c3)n2)cc(OCC2CCOCC2)c1.[HH]. The van der Waals surface area contributed by atoms with Gasteiger partial charge in [-0.3, -0.25) is 0 Å². The summed E-state index contributed by atoms with van der Waals surface area (Å²) < 4.78 is 39.3. The summed E-state index contributed by atoms with van der Waals surface area (Å²) in [5.74, 6) is -0.207. The first kappa shape index (κ1) is 19.3. The molecule has 1 fully saturated rings. The lowest BCUT2D eigenvalue weighted by Gasteiger charge is -2.22. The van der Waals surface area contributed by atoms with Crippen molar-refractivity contribution >= 4 is 11.6 Å². The maximum Gasteiger partial charge on any atom is 0.246 e. The Balaban J connectivity index is 0.00000256. The standard InChI is InChI=1S/C21H22F2N4O2.H2/c1-14-8-16(10-18(9-14)29-12-15-4-6-28-7-5-15)25-21-24-13-27(26-21)17-2-3-19(22)20(23)11-17;/h2-3,8-11,13,15H,4-7,12H2,1H3,(H,25,26);1H. The quantitative estimate of drug-likeness (QED) is 0.650. The summed E-state index contributed by atoms with van der Waals surface area (Å²) in [4.78, 5) is 4.19. The zero-order valence-corrected chi connectivity index (χ0v) is 16.1. The number of hydrogen-bond acceptors (Lipinski definition) is 5. The third-order valence-electron chi connectivity index (χ3n) is 4.79. The summed E-state index contributed by atoms with van der Waals surface area (Å²) in [6.45, 7) is 4.23. The highest BCUT2D eigenvalue weighted by Crippen LogP contribution is 2.25. The Labute approximate surface area is 169 Å². The van der Waals surface area contributed by atoms with Crippen LogP contribution in [0.25, 0.3) is 5.69 Å². The number of nitrogens with one attached hydrogen (secondary N) is 1. The second kappa shape index (κ2) is 8.57. The van der Waals surface area contributed by atoms with E-state index in [2.05, 4.69) is 15.4 Å². The zero-order chi connectivity index (χ0) is 20.2. The molecule has 8 heteroatoms. The van der Waals surface area contributed by atoms with Gasteiger partial charge in [-0.1, -0.05) is 0 Å². The average molecular weight is 402 g/mol. The van der Waals surface area contributed by atoms with E-state index in [9.17, 15) is 8.78 Å². The van der Waals surface area contributed by atoms with Crippen molar-refractivity contribution in [2.45, 2.75) is 19.8 Å². The molecule has 1 aromatic heterocycles. The van der Waals surface area contributed by atoms with Crippen LogP contribution >= 0.6 is 0 Å². The molecule has 29 heavy (non-hydrogen) atoms. The lowest BCUT2D eigenvalue weighted by atomic mass is 10.0. The minimum absolute atomic E-state index is 0. The van der Waals surface area contributed by atoms with Gasteiger partial charge in [0.15, 0.2) is 11.6 Å². The number of halogens is 2. The van der Waals surface area contributed by atoms with E-state index in [1.54, 1.807) is 0 Å². The fourth-order valence-corrected chi connectivity index (χ4v) is 3.23. The van der Waals surface area contributed by atoms with Crippen LogP contribution in [-0.2, 0) is 4.74 Å². The van der Waals surface area contributed by atoms with Crippen molar-refractivity contribution in [1.29, 1.82) is 0 Å². The van der Waals surface area contributed by atoms with Gasteiger partial charge in [0.25, 0.3) is 0 Å². The van der Waals surface area contributed by atoms with Crippen LogP contribution in [0, 0.1) is 24.5 Å². The van der Waals surface area contributed by atoms with Gasteiger partial charge in [-0.05, 0) is 55.5 Å². The van der Waals surface area contributed by atoms with Gasteiger partial charge in [-0.25, -0.2) is 13.5 Å². The van der Waals surface area contributed by atoms with Crippen LogP contribution in [0.3, 0.4) is 0 Å². The van der Waals surface area contributed by atoms with E-state index in [0.717, 1.165) is 55.2 Å². The second-order valence-electron chi connectivity index (χ2n) is 7.14. The van der Waals surface area contributed by atoms with Crippen molar-refractivity contribution in [1.82, 2.24) is 14.8 Å². The molecule has 0 atom stereocenters. The predicted octanol–water partition coefficient (Wildman–Crippen LogP) is 4.65. The van der Waals surface area contributed by atoms with Gasteiger partial charge in [0.2, 0.25) is 5.95 Å². The summed E-state index contributed by atoms with van der Waals surface area (Å²) in [6.07, 6.45) is 3.47. The first-order chi connectivity index (χ1) is 14.1. The molecule has 3 aromatic rings. The molecular weight excluding hydrogens is 378 g/mol. The number of aryl methyl sites for hydroxylation is 1. The van der Waals surface area contributed by atoms with Gasteiger partial charge in [-0.2, -0.15) is 4.98 Å². The summed E-state index contributed by atoms with van der Waals surface area (Å²) in [7, 11) is 0. The smallest absolute Gasteiger partial charge is 0.246 e. The Morgan fingerprint density at radius 3 is 2.79 bits per heavy atom. The Bertz CT molecular complexity index is 993. The molecule has 1 aliphatic rings. The van der Waals surface area contributed by atoms with Crippen LogP contribution in [0.4, 0.5) is 20.4 Å². The van der Waals surface area contributed by atoms with Crippen molar-refractivity contribution in [3.63, 3.8) is 0 Å². The van der Waals surface area contributed by atoms with Crippen LogP contribution in [-0.4, -0.2) is 34.6 Å². The molecule has 0 radical (unpaired) electrons. The molecule has 1 N–H and O–H groups in total. The van der Waals surface area contributed by atoms with Crippen LogP contribution in [0.1, 0.15) is 19.8 Å².